The van der Waals surface area contributed by atoms with E-state index in [1.165, 1.54) is 0 Å². The smallest absolute Gasteiger partial charge is 0.164 e. The molecule has 0 aromatic carbocycles. The highest BCUT2D eigenvalue weighted by Crippen LogP contribution is 2.15. The zero-order chi connectivity index (χ0) is 11.7. The first kappa shape index (κ1) is 9.89. The molecule has 0 saturated heterocycles. The quantitative estimate of drug-likeness (QED) is 0.688. The molecule has 3 heterocycles. The molecule has 0 saturated carbocycles. The molecule has 0 spiro atoms. The summed E-state index contributed by atoms with van der Waals surface area (Å²) in [7, 11) is 1.63. The van der Waals surface area contributed by atoms with Gasteiger partial charge >= 0.3 is 0 Å². The van der Waals surface area contributed by atoms with Gasteiger partial charge in [-0.1, -0.05) is 0 Å². The second-order valence-electron chi connectivity index (χ2n) is 3.67. The predicted octanol–water partition coefficient (Wildman–Crippen LogP) is 1.92. The van der Waals surface area contributed by atoms with Crippen LogP contribution in [0.3, 0.4) is 0 Å². The zero-order valence-corrected chi connectivity index (χ0v) is 9.33. The Labute approximate surface area is 97.7 Å². The molecule has 0 bridgehead atoms. The van der Waals surface area contributed by atoms with Crippen LogP contribution in [0.1, 0.15) is 11.6 Å². The Morgan fingerprint density at radius 3 is 3.06 bits per heavy atom. The number of hydrogen-bond acceptors (Lipinski definition) is 4. The molecule has 0 fully saturated rings. The van der Waals surface area contributed by atoms with Crippen molar-refractivity contribution in [3.05, 3.63) is 48.3 Å². The number of fused-ring (bicyclic) bond motifs is 1. The Morgan fingerprint density at radius 2 is 2.29 bits per heavy atom. The van der Waals surface area contributed by atoms with E-state index in [4.69, 9.17) is 9.15 Å². The average Bonchev–Trinajstić information content (AvgIpc) is 2.99. The summed E-state index contributed by atoms with van der Waals surface area (Å²) in [4.78, 5) is 0. The van der Waals surface area contributed by atoms with E-state index in [1.807, 2.05) is 34.9 Å². The fraction of sp³-hybridized carbons (Fsp3) is 0.167. The SMILES string of the molecule is COc1ccn2c(Cc3ccco3)nnc2c1. The third-order valence-electron chi connectivity index (χ3n) is 2.60. The highest BCUT2D eigenvalue weighted by Gasteiger charge is 2.08. The van der Waals surface area contributed by atoms with Crippen molar-refractivity contribution in [2.75, 3.05) is 7.11 Å². The van der Waals surface area contributed by atoms with Gasteiger partial charge < -0.3 is 9.15 Å². The lowest BCUT2D eigenvalue weighted by atomic mass is 10.3. The summed E-state index contributed by atoms with van der Waals surface area (Å²) in [5.41, 5.74) is 0.769. The second kappa shape index (κ2) is 3.93. The van der Waals surface area contributed by atoms with Crippen molar-refractivity contribution in [3.63, 3.8) is 0 Å². The van der Waals surface area contributed by atoms with Crippen LogP contribution in [0.5, 0.6) is 5.75 Å². The number of aromatic nitrogens is 3. The third-order valence-corrected chi connectivity index (χ3v) is 2.60. The Hall–Kier alpha value is -2.30. The van der Waals surface area contributed by atoms with Crippen LogP contribution in [-0.2, 0) is 6.42 Å². The van der Waals surface area contributed by atoms with E-state index in [9.17, 15) is 0 Å². The first-order chi connectivity index (χ1) is 8.36. The van der Waals surface area contributed by atoms with E-state index in [0.29, 0.717) is 6.42 Å². The van der Waals surface area contributed by atoms with E-state index < -0.39 is 0 Å². The number of hydrogen-bond donors (Lipinski definition) is 0. The number of ether oxygens (including phenoxy) is 1. The van der Waals surface area contributed by atoms with Gasteiger partial charge in [-0.15, -0.1) is 10.2 Å². The van der Waals surface area contributed by atoms with E-state index >= 15 is 0 Å². The molecule has 0 amide bonds. The maximum absolute atomic E-state index is 5.29. The van der Waals surface area contributed by atoms with Gasteiger partial charge in [-0.25, -0.2) is 0 Å². The number of methoxy groups -OCH3 is 1. The molecule has 0 aliphatic carbocycles. The van der Waals surface area contributed by atoms with Gasteiger partial charge in [-0.05, 0) is 18.2 Å². The summed E-state index contributed by atoms with van der Waals surface area (Å²) in [6, 6.07) is 7.51. The number of pyridine rings is 1. The van der Waals surface area contributed by atoms with Crippen molar-refractivity contribution in [3.8, 4) is 5.75 Å². The van der Waals surface area contributed by atoms with Gasteiger partial charge in [-0.3, -0.25) is 4.40 Å². The van der Waals surface area contributed by atoms with Gasteiger partial charge in [0.25, 0.3) is 0 Å². The van der Waals surface area contributed by atoms with Crippen LogP contribution >= 0.6 is 0 Å². The zero-order valence-electron chi connectivity index (χ0n) is 9.33. The van der Waals surface area contributed by atoms with Crippen LogP contribution in [0.25, 0.3) is 5.65 Å². The van der Waals surface area contributed by atoms with E-state index in [-0.39, 0.29) is 0 Å². The molecule has 0 aliphatic rings. The minimum Gasteiger partial charge on any atom is -0.497 e. The number of furan rings is 1. The summed E-state index contributed by atoms with van der Waals surface area (Å²) < 4.78 is 12.4. The molecule has 0 radical (unpaired) electrons. The molecular formula is C12H11N3O2. The lowest BCUT2D eigenvalue weighted by Crippen LogP contribution is -1.95. The van der Waals surface area contributed by atoms with Gasteiger partial charge in [0.2, 0.25) is 0 Å². The second-order valence-corrected chi connectivity index (χ2v) is 3.67. The van der Waals surface area contributed by atoms with Gasteiger partial charge in [0, 0.05) is 12.3 Å². The fourth-order valence-corrected chi connectivity index (χ4v) is 1.74. The first-order valence-electron chi connectivity index (χ1n) is 5.27. The van der Waals surface area contributed by atoms with Crippen molar-refractivity contribution < 1.29 is 9.15 Å². The Bertz CT molecular complexity index is 628. The molecule has 0 unspecified atom stereocenters. The Morgan fingerprint density at radius 1 is 1.35 bits per heavy atom. The molecule has 86 valence electrons. The monoisotopic (exact) mass is 229 g/mol. The van der Waals surface area contributed by atoms with E-state index in [2.05, 4.69) is 10.2 Å². The Balaban J connectivity index is 2.00. The average molecular weight is 229 g/mol. The maximum Gasteiger partial charge on any atom is 0.164 e. The lowest BCUT2D eigenvalue weighted by molar-refractivity contribution is 0.414. The summed E-state index contributed by atoms with van der Waals surface area (Å²) in [6.45, 7) is 0. The van der Waals surface area contributed by atoms with Gasteiger partial charge in [0.1, 0.15) is 17.3 Å². The molecule has 0 N–H and O–H groups in total. The predicted molar refractivity (Wildman–Crippen MR) is 61.1 cm³/mol. The molecule has 3 aromatic heterocycles. The first-order valence-corrected chi connectivity index (χ1v) is 5.27. The van der Waals surface area contributed by atoms with Crippen LogP contribution in [0, 0.1) is 0 Å². The molecule has 5 nitrogen and oxygen atoms in total. The van der Waals surface area contributed by atoms with Gasteiger partial charge in [0.15, 0.2) is 5.65 Å². The van der Waals surface area contributed by atoms with Crippen molar-refractivity contribution in [1.82, 2.24) is 14.6 Å². The fourth-order valence-electron chi connectivity index (χ4n) is 1.74. The molecule has 0 atom stereocenters. The molecule has 17 heavy (non-hydrogen) atoms. The van der Waals surface area contributed by atoms with Crippen LogP contribution < -0.4 is 4.74 Å². The van der Waals surface area contributed by atoms with Crippen molar-refractivity contribution in [2.45, 2.75) is 6.42 Å². The molecular weight excluding hydrogens is 218 g/mol. The van der Waals surface area contributed by atoms with Crippen LogP contribution in [0.15, 0.2) is 41.1 Å². The summed E-state index contributed by atoms with van der Waals surface area (Å²) >= 11 is 0. The summed E-state index contributed by atoms with van der Waals surface area (Å²) in [5, 5.41) is 8.24. The highest BCUT2D eigenvalue weighted by molar-refractivity contribution is 5.44. The van der Waals surface area contributed by atoms with Crippen molar-refractivity contribution in [1.29, 1.82) is 0 Å². The highest BCUT2D eigenvalue weighted by atomic mass is 16.5. The summed E-state index contributed by atoms with van der Waals surface area (Å²) in [5.74, 6) is 2.49. The lowest BCUT2D eigenvalue weighted by Gasteiger charge is -2.00. The topological polar surface area (TPSA) is 52.6 Å². The molecule has 3 rings (SSSR count). The minimum absolute atomic E-state index is 0.625. The van der Waals surface area contributed by atoms with E-state index in [0.717, 1.165) is 23.0 Å². The minimum atomic E-state index is 0.625. The van der Waals surface area contributed by atoms with Crippen molar-refractivity contribution >= 4 is 5.65 Å². The van der Waals surface area contributed by atoms with Gasteiger partial charge in [0.05, 0.1) is 19.8 Å². The Kier molecular flexibility index (Phi) is 2.29. The third kappa shape index (κ3) is 1.75. The van der Waals surface area contributed by atoms with Crippen LogP contribution in [-0.4, -0.2) is 21.7 Å². The normalized spacial score (nSPS) is 10.9. The van der Waals surface area contributed by atoms with Crippen LogP contribution in [0.2, 0.25) is 0 Å². The van der Waals surface area contributed by atoms with Crippen molar-refractivity contribution in [2.24, 2.45) is 0 Å². The largest absolute Gasteiger partial charge is 0.497 e. The number of rotatable bonds is 3. The van der Waals surface area contributed by atoms with Gasteiger partial charge in [-0.2, -0.15) is 0 Å². The standard InChI is InChI=1S/C12H11N3O2/c1-16-9-4-5-15-11(7-9)13-14-12(15)8-10-3-2-6-17-10/h2-7H,8H2,1H3. The molecule has 0 aliphatic heterocycles. The number of nitrogens with zero attached hydrogens (tertiary/aromatic N) is 3. The molecule has 5 heteroatoms. The maximum atomic E-state index is 5.29. The summed E-state index contributed by atoms with van der Waals surface area (Å²) in [6.07, 6.45) is 4.18. The molecule has 3 aromatic rings. The van der Waals surface area contributed by atoms with Crippen LogP contribution in [0.4, 0.5) is 0 Å². The van der Waals surface area contributed by atoms with E-state index in [1.54, 1.807) is 13.4 Å².